The summed E-state index contributed by atoms with van der Waals surface area (Å²) in [6.07, 6.45) is -0.723. The summed E-state index contributed by atoms with van der Waals surface area (Å²) in [5, 5.41) is 9.70. The first-order valence-electron chi connectivity index (χ1n) is 12.9. The maximum atomic E-state index is 14.6. The molecule has 2 heterocycles. The maximum absolute atomic E-state index is 14.6. The molecule has 2 aromatic rings. The van der Waals surface area contributed by atoms with Crippen molar-refractivity contribution >= 4 is 29.5 Å². The molecule has 4 rings (SSSR count). The molecule has 1 aliphatic carbocycles. The molecule has 0 radical (unpaired) electrons. The molecule has 1 aromatic heterocycles. The van der Waals surface area contributed by atoms with Crippen LogP contribution < -0.4 is 10.6 Å². The molecule has 2 aliphatic rings. The summed E-state index contributed by atoms with van der Waals surface area (Å²) < 4.78 is 48.3. The molecule has 3 amide bonds. The number of carbonyl (C=O) groups excluding carboxylic acids is 3. The highest BCUT2D eigenvalue weighted by Gasteiger charge is 2.48. The Labute approximate surface area is 234 Å². The number of rotatable bonds is 8. The molecular weight excluding hydrogens is 553 g/mol. The van der Waals surface area contributed by atoms with Gasteiger partial charge in [-0.25, -0.2) is 27.6 Å². The van der Waals surface area contributed by atoms with Crippen LogP contribution in [0.15, 0.2) is 30.9 Å². The van der Waals surface area contributed by atoms with E-state index >= 15 is 0 Å². The summed E-state index contributed by atoms with van der Waals surface area (Å²) in [5.41, 5.74) is 0.352. The number of alkyl halides is 3. The average molecular weight is 585 g/mol. The van der Waals surface area contributed by atoms with Crippen LogP contribution in [-0.2, 0) is 20.9 Å². The largest absolute Gasteiger partial charge is 0.444 e. The lowest BCUT2D eigenvalue weighted by Gasteiger charge is -2.38. The quantitative estimate of drug-likeness (QED) is 0.487. The highest BCUT2D eigenvalue weighted by molar-refractivity contribution is 6.30. The molecule has 10 nitrogen and oxygen atoms in total. The molecule has 1 aromatic carbocycles. The molecule has 14 heteroatoms. The Balaban J connectivity index is 1.47. The van der Waals surface area contributed by atoms with E-state index in [4.69, 9.17) is 16.3 Å². The number of aromatic nitrogens is 3. The van der Waals surface area contributed by atoms with E-state index in [1.807, 2.05) is 0 Å². The summed E-state index contributed by atoms with van der Waals surface area (Å²) in [6, 6.07) is 2.58. The fraction of sp³-hybridized carbons (Fsp3) is 0.577. The van der Waals surface area contributed by atoms with Crippen LogP contribution in [0.4, 0.5) is 18.0 Å². The van der Waals surface area contributed by atoms with Gasteiger partial charge < -0.3 is 20.3 Å². The lowest BCUT2D eigenvalue weighted by Crippen LogP contribution is -2.55. The first kappa shape index (κ1) is 29.6. The Morgan fingerprint density at radius 3 is 2.60 bits per heavy atom. The van der Waals surface area contributed by atoms with E-state index in [-0.39, 0.29) is 25.9 Å². The van der Waals surface area contributed by atoms with Gasteiger partial charge in [-0.15, -0.1) is 0 Å². The van der Waals surface area contributed by atoms with Crippen molar-refractivity contribution in [2.24, 2.45) is 5.92 Å². The maximum Gasteiger partial charge on any atom is 0.408 e. The Bertz CT molecular complexity index is 1230. The van der Waals surface area contributed by atoms with Gasteiger partial charge >= 0.3 is 6.09 Å². The second kappa shape index (κ2) is 11.6. The van der Waals surface area contributed by atoms with Crippen molar-refractivity contribution < 1.29 is 32.3 Å². The molecule has 2 N–H and O–H groups in total. The van der Waals surface area contributed by atoms with E-state index in [2.05, 4.69) is 20.7 Å². The van der Waals surface area contributed by atoms with E-state index in [0.29, 0.717) is 16.3 Å². The zero-order chi connectivity index (χ0) is 29.2. The fourth-order valence-corrected chi connectivity index (χ4v) is 5.18. The predicted octanol–water partition coefficient (Wildman–Crippen LogP) is 3.80. The Kier molecular flexibility index (Phi) is 8.62. The smallest absolute Gasteiger partial charge is 0.408 e. The van der Waals surface area contributed by atoms with Gasteiger partial charge in [-0.3, -0.25) is 9.59 Å². The molecule has 218 valence electrons. The number of ether oxygens (including phenoxy) is 1. The number of carbonyl (C=O) groups is 3. The van der Waals surface area contributed by atoms with Gasteiger partial charge in [0.15, 0.2) is 0 Å². The van der Waals surface area contributed by atoms with Crippen LogP contribution in [0.5, 0.6) is 0 Å². The van der Waals surface area contributed by atoms with Crippen molar-refractivity contribution in [1.29, 1.82) is 0 Å². The third-order valence-electron chi connectivity index (χ3n) is 6.73. The van der Waals surface area contributed by atoms with Crippen LogP contribution in [0.2, 0.25) is 5.02 Å². The minimum absolute atomic E-state index is 0.000807. The first-order valence-corrected chi connectivity index (χ1v) is 13.3. The van der Waals surface area contributed by atoms with Crippen LogP contribution in [0.25, 0.3) is 5.69 Å². The molecule has 0 bridgehead atoms. The normalized spacial score (nSPS) is 21.4. The summed E-state index contributed by atoms with van der Waals surface area (Å²) >= 11 is 6.14. The van der Waals surface area contributed by atoms with Gasteiger partial charge in [0.25, 0.3) is 0 Å². The van der Waals surface area contributed by atoms with E-state index in [1.165, 1.54) is 17.3 Å². The second-order valence-corrected chi connectivity index (χ2v) is 11.7. The van der Waals surface area contributed by atoms with Gasteiger partial charge in [0.1, 0.15) is 36.5 Å². The highest BCUT2D eigenvalue weighted by Crippen LogP contribution is 2.44. The Morgan fingerprint density at radius 1 is 1.25 bits per heavy atom. The van der Waals surface area contributed by atoms with E-state index in [1.54, 1.807) is 39.0 Å². The summed E-state index contributed by atoms with van der Waals surface area (Å²) in [4.78, 5) is 44.2. The topological polar surface area (TPSA) is 118 Å². The fourth-order valence-electron chi connectivity index (χ4n) is 4.99. The SMILES string of the molecule is CC(C)(C)OC(=O)N[C@@H](CC1CC(F)(F)C1)C(=O)N1C[C@H](F)C[C@H]1C(=O)NCc1cc(Cl)ccc1-n1cncn1. The number of hydrogen-bond acceptors (Lipinski definition) is 6. The van der Waals surface area contributed by atoms with Crippen molar-refractivity contribution in [2.75, 3.05) is 6.54 Å². The second-order valence-electron chi connectivity index (χ2n) is 11.2. The van der Waals surface area contributed by atoms with Crippen LogP contribution in [0, 0.1) is 5.92 Å². The average Bonchev–Trinajstić information content (AvgIpc) is 3.49. The van der Waals surface area contributed by atoms with Crippen LogP contribution in [0.1, 0.15) is 52.0 Å². The highest BCUT2D eigenvalue weighted by atomic mass is 35.5. The minimum Gasteiger partial charge on any atom is -0.444 e. The molecule has 3 atom stereocenters. The molecule has 2 fully saturated rings. The monoisotopic (exact) mass is 584 g/mol. The molecule has 1 saturated heterocycles. The van der Waals surface area contributed by atoms with Crippen molar-refractivity contribution in [3.8, 4) is 5.69 Å². The number of nitrogens with one attached hydrogen (secondary N) is 2. The van der Waals surface area contributed by atoms with Gasteiger partial charge in [0.2, 0.25) is 17.7 Å². The van der Waals surface area contributed by atoms with Gasteiger partial charge in [0, 0.05) is 30.8 Å². The number of benzene rings is 1. The third kappa shape index (κ3) is 7.43. The third-order valence-corrected chi connectivity index (χ3v) is 6.96. The Hall–Kier alpha value is -3.35. The van der Waals surface area contributed by atoms with E-state index < -0.39 is 66.4 Å². The van der Waals surface area contributed by atoms with Crippen molar-refractivity contribution in [3.05, 3.63) is 41.4 Å². The minimum atomic E-state index is -2.82. The van der Waals surface area contributed by atoms with Crippen molar-refractivity contribution in [1.82, 2.24) is 30.3 Å². The van der Waals surface area contributed by atoms with Gasteiger partial charge in [-0.05, 0) is 56.9 Å². The zero-order valence-electron chi connectivity index (χ0n) is 22.4. The van der Waals surface area contributed by atoms with Crippen LogP contribution >= 0.6 is 11.6 Å². The molecule has 40 heavy (non-hydrogen) atoms. The molecule has 0 unspecified atom stereocenters. The Morgan fingerprint density at radius 2 is 1.98 bits per heavy atom. The molecule has 0 spiro atoms. The van der Waals surface area contributed by atoms with Crippen LogP contribution in [0.3, 0.4) is 0 Å². The standard InChI is InChI=1S/C26H32ClF3N6O4/c1-25(2,3)40-24(39)34-19(6-15-9-26(29,30)10-15)23(38)35-12-18(28)8-21(35)22(37)32-11-16-7-17(27)4-5-20(16)36-14-31-13-33-36/h4-5,7,13-15,18-19,21H,6,8-12H2,1-3H3,(H,32,37)(H,34,39)/t18-,19+,21+/m1/s1. The lowest BCUT2D eigenvalue weighted by molar-refractivity contribution is -0.143. The number of amides is 3. The summed E-state index contributed by atoms with van der Waals surface area (Å²) in [7, 11) is 0. The number of hydrogen-bond donors (Lipinski definition) is 2. The van der Waals surface area contributed by atoms with E-state index in [9.17, 15) is 27.6 Å². The lowest BCUT2D eigenvalue weighted by atomic mass is 9.77. The molecule has 1 saturated carbocycles. The number of halogens is 4. The summed E-state index contributed by atoms with van der Waals surface area (Å²) in [5.74, 6) is -4.68. The molecule has 1 aliphatic heterocycles. The van der Waals surface area contributed by atoms with Crippen LogP contribution in [-0.4, -0.2) is 73.9 Å². The van der Waals surface area contributed by atoms with E-state index in [0.717, 1.165) is 4.90 Å². The van der Waals surface area contributed by atoms with Gasteiger partial charge in [-0.2, -0.15) is 5.10 Å². The molecular formula is C26H32ClF3N6O4. The van der Waals surface area contributed by atoms with Crippen molar-refractivity contribution in [3.63, 3.8) is 0 Å². The van der Waals surface area contributed by atoms with Crippen molar-refractivity contribution in [2.45, 2.75) is 82.8 Å². The van der Waals surface area contributed by atoms with Gasteiger partial charge in [-0.1, -0.05) is 11.6 Å². The number of nitrogens with zero attached hydrogens (tertiary/aromatic N) is 4. The zero-order valence-corrected chi connectivity index (χ0v) is 23.1. The summed E-state index contributed by atoms with van der Waals surface area (Å²) in [6.45, 7) is 4.54. The first-order chi connectivity index (χ1) is 18.7. The van der Waals surface area contributed by atoms with Gasteiger partial charge in [0.05, 0.1) is 12.2 Å². The predicted molar refractivity (Wildman–Crippen MR) is 139 cm³/mol. The number of likely N-dealkylation sites (tertiary alicyclic amines) is 1. The number of alkyl carbamates (subject to hydrolysis) is 1.